The first-order chi connectivity index (χ1) is 7.56. The Morgan fingerprint density at radius 3 is 2.50 bits per heavy atom. The fraction of sp³-hybridized carbons (Fsp3) is 0.643. The lowest BCUT2D eigenvalue weighted by Crippen LogP contribution is -2.18. The van der Waals surface area contributed by atoms with Crippen molar-refractivity contribution in [3.05, 3.63) is 29.8 Å². The van der Waals surface area contributed by atoms with Gasteiger partial charge in [-0.3, -0.25) is 4.98 Å². The van der Waals surface area contributed by atoms with Gasteiger partial charge in [0.15, 0.2) is 0 Å². The van der Waals surface area contributed by atoms with Crippen molar-refractivity contribution in [2.24, 2.45) is 0 Å². The SMILES string of the molecule is CCCCCCC(C)(C)c1ccc(F)cn1. The van der Waals surface area contributed by atoms with Gasteiger partial charge in [-0.1, -0.05) is 46.5 Å². The molecule has 0 aliphatic heterocycles. The predicted octanol–water partition coefficient (Wildman–Crippen LogP) is 4.47. The second-order valence-corrected chi connectivity index (χ2v) is 5.06. The van der Waals surface area contributed by atoms with Gasteiger partial charge in [0.05, 0.1) is 6.20 Å². The van der Waals surface area contributed by atoms with Crippen molar-refractivity contribution >= 4 is 0 Å². The summed E-state index contributed by atoms with van der Waals surface area (Å²) in [6, 6.07) is 3.30. The molecule has 1 nitrogen and oxygen atoms in total. The van der Waals surface area contributed by atoms with E-state index in [1.807, 2.05) is 0 Å². The van der Waals surface area contributed by atoms with Gasteiger partial charge in [0, 0.05) is 11.1 Å². The number of unbranched alkanes of at least 4 members (excludes halogenated alkanes) is 3. The zero-order chi connectivity index (χ0) is 12.0. The zero-order valence-electron chi connectivity index (χ0n) is 10.6. The minimum atomic E-state index is -0.259. The fourth-order valence-corrected chi connectivity index (χ4v) is 1.90. The largest absolute Gasteiger partial charge is 0.258 e. The molecule has 1 aromatic rings. The van der Waals surface area contributed by atoms with Gasteiger partial charge in [0.2, 0.25) is 0 Å². The molecule has 0 saturated carbocycles. The van der Waals surface area contributed by atoms with Gasteiger partial charge in [-0.2, -0.15) is 0 Å². The second kappa shape index (κ2) is 5.97. The van der Waals surface area contributed by atoms with Crippen LogP contribution >= 0.6 is 0 Å². The number of nitrogens with zero attached hydrogens (tertiary/aromatic N) is 1. The van der Waals surface area contributed by atoms with Crippen molar-refractivity contribution in [1.29, 1.82) is 0 Å². The number of hydrogen-bond donors (Lipinski definition) is 0. The zero-order valence-corrected chi connectivity index (χ0v) is 10.6. The molecule has 0 N–H and O–H groups in total. The Morgan fingerprint density at radius 2 is 1.94 bits per heavy atom. The standard InChI is InChI=1S/C14H22FN/c1-4-5-6-7-10-14(2,3)13-9-8-12(15)11-16-13/h8-9,11H,4-7,10H2,1-3H3. The van der Waals surface area contributed by atoms with Gasteiger partial charge in [-0.05, 0) is 18.6 Å². The summed E-state index contributed by atoms with van der Waals surface area (Å²) in [5, 5.41) is 0. The van der Waals surface area contributed by atoms with Crippen molar-refractivity contribution in [1.82, 2.24) is 4.98 Å². The molecule has 16 heavy (non-hydrogen) atoms. The summed E-state index contributed by atoms with van der Waals surface area (Å²) >= 11 is 0. The minimum absolute atomic E-state index is 0.0570. The minimum Gasteiger partial charge on any atom is -0.258 e. The normalized spacial score (nSPS) is 11.8. The lowest BCUT2D eigenvalue weighted by atomic mass is 9.83. The average Bonchev–Trinajstić information content (AvgIpc) is 2.25. The molecule has 0 saturated heterocycles. The van der Waals surface area contributed by atoms with E-state index in [2.05, 4.69) is 25.8 Å². The van der Waals surface area contributed by atoms with Crippen LogP contribution in [-0.4, -0.2) is 4.98 Å². The number of pyridine rings is 1. The van der Waals surface area contributed by atoms with Crippen molar-refractivity contribution in [3.8, 4) is 0 Å². The highest BCUT2D eigenvalue weighted by molar-refractivity contribution is 5.14. The van der Waals surface area contributed by atoms with Gasteiger partial charge < -0.3 is 0 Å². The van der Waals surface area contributed by atoms with Crippen LogP contribution in [0.5, 0.6) is 0 Å². The van der Waals surface area contributed by atoms with Gasteiger partial charge in [-0.25, -0.2) is 4.39 Å². The van der Waals surface area contributed by atoms with E-state index in [4.69, 9.17) is 0 Å². The summed E-state index contributed by atoms with van der Waals surface area (Å²) in [5.74, 6) is -0.259. The Kier molecular flexibility index (Phi) is 4.91. The van der Waals surface area contributed by atoms with E-state index >= 15 is 0 Å². The van der Waals surface area contributed by atoms with E-state index in [0.717, 1.165) is 12.1 Å². The topological polar surface area (TPSA) is 12.9 Å². The van der Waals surface area contributed by atoms with Crippen LogP contribution in [0.3, 0.4) is 0 Å². The lowest BCUT2D eigenvalue weighted by molar-refractivity contribution is 0.433. The number of aromatic nitrogens is 1. The summed E-state index contributed by atoms with van der Waals surface area (Å²) < 4.78 is 12.8. The maximum atomic E-state index is 12.8. The highest BCUT2D eigenvalue weighted by Crippen LogP contribution is 2.27. The molecular formula is C14H22FN. The molecule has 1 heterocycles. The number of halogens is 1. The molecule has 0 bridgehead atoms. The Bertz CT molecular complexity index is 303. The van der Waals surface area contributed by atoms with E-state index in [9.17, 15) is 4.39 Å². The van der Waals surface area contributed by atoms with E-state index in [-0.39, 0.29) is 11.2 Å². The number of hydrogen-bond acceptors (Lipinski definition) is 1. The molecule has 90 valence electrons. The maximum absolute atomic E-state index is 12.8. The van der Waals surface area contributed by atoms with Crippen molar-refractivity contribution in [2.75, 3.05) is 0 Å². The third-order valence-electron chi connectivity index (χ3n) is 3.08. The molecule has 0 unspecified atom stereocenters. The summed E-state index contributed by atoms with van der Waals surface area (Å²) in [7, 11) is 0. The van der Waals surface area contributed by atoms with Gasteiger partial charge in [-0.15, -0.1) is 0 Å². The second-order valence-electron chi connectivity index (χ2n) is 5.06. The Labute approximate surface area is 98.1 Å². The molecule has 0 spiro atoms. The molecule has 1 rings (SSSR count). The summed E-state index contributed by atoms with van der Waals surface area (Å²) in [6.07, 6.45) is 7.48. The first kappa shape index (κ1) is 13.1. The molecule has 0 radical (unpaired) electrons. The van der Waals surface area contributed by atoms with Crippen LogP contribution in [0, 0.1) is 5.82 Å². The van der Waals surface area contributed by atoms with Crippen LogP contribution in [0.1, 0.15) is 58.6 Å². The van der Waals surface area contributed by atoms with Gasteiger partial charge >= 0.3 is 0 Å². The molecule has 2 heteroatoms. The smallest absolute Gasteiger partial charge is 0.141 e. The van der Waals surface area contributed by atoms with E-state index in [1.165, 1.54) is 37.9 Å². The Balaban J connectivity index is 2.52. The van der Waals surface area contributed by atoms with Crippen LogP contribution < -0.4 is 0 Å². The van der Waals surface area contributed by atoms with E-state index < -0.39 is 0 Å². The summed E-state index contributed by atoms with van der Waals surface area (Å²) in [6.45, 7) is 6.57. The van der Waals surface area contributed by atoms with Crippen LogP contribution in [0.2, 0.25) is 0 Å². The Hall–Kier alpha value is -0.920. The van der Waals surface area contributed by atoms with Crippen molar-refractivity contribution in [3.63, 3.8) is 0 Å². The molecule has 0 atom stereocenters. The van der Waals surface area contributed by atoms with Crippen LogP contribution in [-0.2, 0) is 5.41 Å². The molecule has 0 amide bonds. The van der Waals surface area contributed by atoms with E-state index in [0.29, 0.717) is 0 Å². The summed E-state index contributed by atoms with van der Waals surface area (Å²) in [4.78, 5) is 4.17. The summed E-state index contributed by atoms with van der Waals surface area (Å²) in [5.41, 5.74) is 1.05. The van der Waals surface area contributed by atoms with Gasteiger partial charge in [0.1, 0.15) is 5.82 Å². The molecular weight excluding hydrogens is 201 g/mol. The van der Waals surface area contributed by atoms with Crippen LogP contribution in [0.25, 0.3) is 0 Å². The molecule has 1 aromatic heterocycles. The first-order valence-electron chi connectivity index (χ1n) is 6.18. The lowest BCUT2D eigenvalue weighted by Gasteiger charge is -2.23. The molecule has 0 fully saturated rings. The monoisotopic (exact) mass is 223 g/mol. The first-order valence-corrected chi connectivity index (χ1v) is 6.18. The van der Waals surface area contributed by atoms with Crippen LogP contribution in [0.15, 0.2) is 18.3 Å². The highest BCUT2D eigenvalue weighted by atomic mass is 19.1. The van der Waals surface area contributed by atoms with Crippen molar-refractivity contribution < 1.29 is 4.39 Å². The third-order valence-corrected chi connectivity index (χ3v) is 3.08. The molecule has 0 aromatic carbocycles. The molecule has 0 aliphatic rings. The highest BCUT2D eigenvalue weighted by Gasteiger charge is 2.21. The van der Waals surface area contributed by atoms with Crippen LogP contribution in [0.4, 0.5) is 4.39 Å². The van der Waals surface area contributed by atoms with E-state index in [1.54, 1.807) is 6.07 Å². The Morgan fingerprint density at radius 1 is 1.19 bits per heavy atom. The van der Waals surface area contributed by atoms with Crippen molar-refractivity contribution in [2.45, 2.75) is 58.3 Å². The quantitative estimate of drug-likeness (QED) is 0.648. The third kappa shape index (κ3) is 3.92. The van der Waals surface area contributed by atoms with Gasteiger partial charge in [0.25, 0.3) is 0 Å². The fourth-order valence-electron chi connectivity index (χ4n) is 1.90. The number of rotatable bonds is 6. The maximum Gasteiger partial charge on any atom is 0.141 e. The average molecular weight is 223 g/mol. The predicted molar refractivity (Wildman–Crippen MR) is 66.0 cm³/mol. The molecule has 0 aliphatic carbocycles.